The highest BCUT2D eigenvalue weighted by molar-refractivity contribution is 5.95. The Balaban J connectivity index is 2.33. The zero-order valence-electron chi connectivity index (χ0n) is 9.81. The minimum Gasteiger partial charge on any atom is -0.478 e. The van der Waals surface area contributed by atoms with Crippen LogP contribution >= 0.6 is 0 Å². The van der Waals surface area contributed by atoms with Crippen molar-refractivity contribution in [2.24, 2.45) is 0 Å². The molecular formula is C12H17N3O2. The van der Waals surface area contributed by atoms with Crippen LogP contribution in [0.3, 0.4) is 0 Å². The van der Waals surface area contributed by atoms with Gasteiger partial charge in [0.2, 0.25) is 0 Å². The van der Waals surface area contributed by atoms with Crippen molar-refractivity contribution in [3.05, 3.63) is 23.8 Å². The lowest BCUT2D eigenvalue weighted by Crippen LogP contribution is -2.49. The number of nitrogens with two attached hydrogens (primary N) is 1. The molecule has 1 aliphatic rings. The van der Waals surface area contributed by atoms with E-state index in [0.29, 0.717) is 11.7 Å². The molecule has 92 valence electrons. The van der Waals surface area contributed by atoms with E-state index in [-0.39, 0.29) is 5.56 Å². The van der Waals surface area contributed by atoms with E-state index in [4.69, 9.17) is 5.73 Å². The van der Waals surface area contributed by atoms with Gasteiger partial charge in [0.05, 0.1) is 11.3 Å². The van der Waals surface area contributed by atoms with Crippen LogP contribution in [0.5, 0.6) is 0 Å². The van der Waals surface area contributed by atoms with Crippen molar-refractivity contribution in [3.8, 4) is 0 Å². The fraction of sp³-hybridized carbons (Fsp3) is 0.417. The van der Waals surface area contributed by atoms with E-state index in [1.165, 1.54) is 6.07 Å². The normalized spacial score (nSPS) is 20.3. The van der Waals surface area contributed by atoms with Crippen molar-refractivity contribution in [3.63, 3.8) is 0 Å². The van der Waals surface area contributed by atoms with Crippen LogP contribution in [-0.2, 0) is 0 Å². The minimum atomic E-state index is -0.932. The van der Waals surface area contributed by atoms with E-state index in [0.717, 1.165) is 25.3 Å². The van der Waals surface area contributed by atoms with Gasteiger partial charge < -0.3 is 21.1 Å². The molecule has 1 atom stereocenters. The summed E-state index contributed by atoms with van der Waals surface area (Å²) in [4.78, 5) is 13.3. The number of aromatic carboxylic acids is 1. The molecule has 5 nitrogen and oxygen atoms in total. The number of hydrogen-bond donors (Lipinski definition) is 3. The number of benzene rings is 1. The molecule has 0 saturated carbocycles. The largest absolute Gasteiger partial charge is 0.478 e. The van der Waals surface area contributed by atoms with Crippen LogP contribution < -0.4 is 16.0 Å². The van der Waals surface area contributed by atoms with Gasteiger partial charge in [-0.15, -0.1) is 0 Å². The number of anilines is 2. The summed E-state index contributed by atoms with van der Waals surface area (Å²) in [5, 5.41) is 12.5. The Morgan fingerprint density at radius 3 is 3.00 bits per heavy atom. The number of carboxylic acids is 1. The molecule has 1 aromatic carbocycles. The first-order valence-electron chi connectivity index (χ1n) is 5.69. The van der Waals surface area contributed by atoms with Crippen molar-refractivity contribution < 1.29 is 9.90 Å². The number of piperazine rings is 1. The number of carbonyl (C=O) groups is 1. The van der Waals surface area contributed by atoms with Gasteiger partial charge >= 0.3 is 5.97 Å². The predicted molar refractivity (Wildman–Crippen MR) is 67.5 cm³/mol. The van der Waals surface area contributed by atoms with Gasteiger partial charge in [0.1, 0.15) is 0 Å². The number of nitrogens with zero attached hydrogens (tertiary/aromatic N) is 1. The Morgan fingerprint density at radius 2 is 2.35 bits per heavy atom. The van der Waals surface area contributed by atoms with Gasteiger partial charge in [-0.05, 0) is 25.1 Å². The van der Waals surface area contributed by atoms with Gasteiger partial charge in [-0.2, -0.15) is 0 Å². The molecule has 5 heteroatoms. The van der Waals surface area contributed by atoms with Crippen LogP contribution in [-0.4, -0.2) is 36.8 Å². The first-order chi connectivity index (χ1) is 8.08. The van der Waals surface area contributed by atoms with E-state index >= 15 is 0 Å². The maximum Gasteiger partial charge on any atom is 0.337 e. The lowest BCUT2D eigenvalue weighted by molar-refractivity contribution is 0.0697. The molecule has 1 saturated heterocycles. The number of nitrogen functional groups attached to an aromatic ring is 1. The van der Waals surface area contributed by atoms with Crippen molar-refractivity contribution in [2.45, 2.75) is 13.0 Å². The average molecular weight is 235 g/mol. The molecule has 17 heavy (non-hydrogen) atoms. The Kier molecular flexibility index (Phi) is 3.19. The molecule has 0 bridgehead atoms. The Morgan fingerprint density at radius 1 is 1.59 bits per heavy atom. The summed E-state index contributed by atoms with van der Waals surface area (Å²) in [6.45, 7) is 4.58. The molecule has 4 N–H and O–H groups in total. The molecule has 1 unspecified atom stereocenters. The number of rotatable bonds is 2. The first-order valence-corrected chi connectivity index (χ1v) is 5.69. The number of hydrogen-bond acceptors (Lipinski definition) is 4. The summed E-state index contributed by atoms with van der Waals surface area (Å²) in [6, 6.07) is 5.42. The molecule has 1 aliphatic heterocycles. The minimum absolute atomic E-state index is 0.277. The van der Waals surface area contributed by atoms with Crippen LogP contribution in [0.2, 0.25) is 0 Å². The van der Waals surface area contributed by atoms with E-state index in [9.17, 15) is 9.90 Å². The fourth-order valence-electron chi connectivity index (χ4n) is 2.15. The van der Waals surface area contributed by atoms with Gasteiger partial charge in [0.25, 0.3) is 0 Å². The molecular weight excluding hydrogens is 218 g/mol. The lowest BCUT2D eigenvalue weighted by Gasteiger charge is -2.34. The van der Waals surface area contributed by atoms with Gasteiger partial charge in [0.15, 0.2) is 0 Å². The quantitative estimate of drug-likeness (QED) is 0.660. The SMILES string of the molecule is CC1CN(c2ccc(N)cc2C(=O)O)CCN1. The standard InChI is InChI=1S/C12H17N3O2/c1-8-7-15(5-4-14-8)11-3-2-9(13)6-10(11)12(16)17/h2-3,6,8,14H,4-5,7,13H2,1H3,(H,16,17). The highest BCUT2D eigenvalue weighted by Crippen LogP contribution is 2.24. The lowest BCUT2D eigenvalue weighted by atomic mass is 10.1. The molecule has 1 aromatic rings. The second-order valence-electron chi connectivity index (χ2n) is 4.38. The molecule has 0 aliphatic carbocycles. The summed E-state index contributed by atoms with van der Waals surface area (Å²) in [5.41, 5.74) is 7.14. The smallest absolute Gasteiger partial charge is 0.337 e. The third-order valence-electron chi connectivity index (χ3n) is 2.96. The first kappa shape index (κ1) is 11.7. The average Bonchev–Trinajstić information content (AvgIpc) is 2.28. The summed E-state index contributed by atoms with van der Waals surface area (Å²) >= 11 is 0. The van der Waals surface area contributed by atoms with Gasteiger partial charge in [-0.25, -0.2) is 4.79 Å². The van der Waals surface area contributed by atoms with Crippen LogP contribution in [0.25, 0.3) is 0 Å². The summed E-state index contributed by atoms with van der Waals surface area (Å²) in [5.74, 6) is -0.932. The third-order valence-corrected chi connectivity index (χ3v) is 2.96. The Labute approximate surface area is 100 Å². The number of carboxylic acid groups (broad SMARTS) is 1. The zero-order valence-corrected chi connectivity index (χ0v) is 9.81. The van der Waals surface area contributed by atoms with Crippen molar-refractivity contribution in [1.82, 2.24) is 5.32 Å². The van der Waals surface area contributed by atoms with Gasteiger partial charge in [0, 0.05) is 31.4 Å². The second-order valence-corrected chi connectivity index (χ2v) is 4.38. The van der Waals surface area contributed by atoms with E-state index in [1.807, 2.05) is 0 Å². The molecule has 2 rings (SSSR count). The molecule has 0 amide bonds. The Bertz CT molecular complexity index is 434. The van der Waals surface area contributed by atoms with Crippen LogP contribution in [0.15, 0.2) is 18.2 Å². The molecule has 1 heterocycles. The summed E-state index contributed by atoms with van der Waals surface area (Å²) < 4.78 is 0. The molecule has 1 fully saturated rings. The van der Waals surface area contributed by atoms with Crippen LogP contribution in [0, 0.1) is 0 Å². The Hall–Kier alpha value is -1.75. The maximum atomic E-state index is 11.2. The third kappa shape index (κ3) is 2.50. The summed E-state index contributed by atoms with van der Waals surface area (Å²) in [6.07, 6.45) is 0. The zero-order chi connectivity index (χ0) is 12.4. The summed E-state index contributed by atoms with van der Waals surface area (Å²) in [7, 11) is 0. The second kappa shape index (κ2) is 4.63. The fourth-order valence-corrected chi connectivity index (χ4v) is 2.15. The van der Waals surface area contributed by atoms with Gasteiger partial charge in [-0.3, -0.25) is 0 Å². The van der Waals surface area contributed by atoms with Crippen molar-refractivity contribution >= 4 is 17.3 Å². The van der Waals surface area contributed by atoms with Crippen molar-refractivity contribution in [1.29, 1.82) is 0 Å². The molecule has 0 radical (unpaired) electrons. The van der Waals surface area contributed by atoms with E-state index in [1.54, 1.807) is 12.1 Å². The van der Waals surface area contributed by atoms with E-state index in [2.05, 4.69) is 17.1 Å². The van der Waals surface area contributed by atoms with Crippen molar-refractivity contribution in [2.75, 3.05) is 30.3 Å². The van der Waals surface area contributed by atoms with E-state index < -0.39 is 5.97 Å². The topological polar surface area (TPSA) is 78.6 Å². The molecule has 0 aromatic heterocycles. The molecule has 0 spiro atoms. The van der Waals surface area contributed by atoms with Crippen LogP contribution in [0.4, 0.5) is 11.4 Å². The maximum absolute atomic E-state index is 11.2. The van der Waals surface area contributed by atoms with Crippen LogP contribution in [0.1, 0.15) is 17.3 Å². The highest BCUT2D eigenvalue weighted by Gasteiger charge is 2.20. The predicted octanol–water partition coefficient (Wildman–Crippen LogP) is 0.765. The highest BCUT2D eigenvalue weighted by atomic mass is 16.4. The van der Waals surface area contributed by atoms with Gasteiger partial charge in [-0.1, -0.05) is 0 Å². The monoisotopic (exact) mass is 235 g/mol. The number of nitrogens with one attached hydrogen (secondary N) is 1.